The Morgan fingerprint density at radius 2 is 1.88 bits per heavy atom. The van der Waals surface area contributed by atoms with Crippen LogP contribution in [-0.4, -0.2) is 41.1 Å². The van der Waals surface area contributed by atoms with Gasteiger partial charge in [0.25, 0.3) is 0 Å². The predicted octanol–water partition coefficient (Wildman–Crippen LogP) is 1.54. The van der Waals surface area contributed by atoms with Gasteiger partial charge in [-0.25, -0.2) is 4.79 Å². The van der Waals surface area contributed by atoms with Crippen LogP contribution >= 0.6 is 0 Å². The van der Waals surface area contributed by atoms with Crippen molar-refractivity contribution < 1.29 is 14.7 Å². The number of carbonyl (C=O) groups is 2. The summed E-state index contributed by atoms with van der Waals surface area (Å²) in [4.78, 5) is 23.9. The van der Waals surface area contributed by atoms with Crippen molar-refractivity contribution in [2.45, 2.75) is 40.2 Å². The second-order valence-electron chi connectivity index (χ2n) is 4.14. The van der Waals surface area contributed by atoms with Crippen LogP contribution in [0.25, 0.3) is 0 Å². The highest BCUT2D eigenvalue weighted by Gasteiger charge is 2.15. The van der Waals surface area contributed by atoms with Crippen molar-refractivity contribution >= 4 is 12.0 Å². The van der Waals surface area contributed by atoms with Gasteiger partial charge in [-0.3, -0.25) is 4.79 Å². The summed E-state index contributed by atoms with van der Waals surface area (Å²) in [5, 5.41) is 11.4. The van der Waals surface area contributed by atoms with Crippen LogP contribution in [0.3, 0.4) is 0 Å². The number of carboxylic acid groups (broad SMARTS) is 1. The van der Waals surface area contributed by atoms with Gasteiger partial charge in [-0.05, 0) is 27.2 Å². The molecule has 5 nitrogen and oxygen atoms in total. The van der Waals surface area contributed by atoms with E-state index < -0.39 is 11.9 Å². The molecule has 0 aliphatic rings. The van der Waals surface area contributed by atoms with Crippen LogP contribution in [-0.2, 0) is 4.79 Å². The van der Waals surface area contributed by atoms with Gasteiger partial charge in [-0.15, -0.1) is 0 Å². The lowest BCUT2D eigenvalue weighted by Crippen LogP contribution is -2.44. The molecule has 0 bridgehead atoms. The van der Waals surface area contributed by atoms with E-state index in [2.05, 4.69) is 5.32 Å². The summed E-state index contributed by atoms with van der Waals surface area (Å²) in [6.07, 6.45) is 0.455. The van der Waals surface area contributed by atoms with Gasteiger partial charge in [0.05, 0.1) is 5.92 Å². The second kappa shape index (κ2) is 7.09. The van der Waals surface area contributed by atoms with Crippen molar-refractivity contribution in [1.82, 2.24) is 10.2 Å². The fraction of sp³-hybridized carbons (Fsp3) is 0.818. The Morgan fingerprint density at radius 1 is 1.31 bits per heavy atom. The maximum Gasteiger partial charge on any atom is 0.317 e. The summed E-state index contributed by atoms with van der Waals surface area (Å²) in [7, 11) is 0. The topological polar surface area (TPSA) is 69.6 Å². The first-order valence-electron chi connectivity index (χ1n) is 5.67. The molecule has 0 aliphatic carbocycles. The smallest absolute Gasteiger partial charge is 0.317 e. The zero-order valence-corrected chi connectivity index (χ0v) is 10.5. The maximum absolute atomic E-state index is 11.6. The lowest BCUT2D eigenvalue weighted by molar-refractivity contribution is -0.141. The molecule has 16 heavy (non-hydrogen) atoms. The molecule has 0 heterocycles. The number of urea groups is 1. The average molecular weight is 230 g/mol. The quantitative estimate of drug-likeness (QED) is 0.727. The van der Waals surface area contributed by atoms with Crippen LogP contribution in [0.15, 0.2) is 0 Å². The molecule has 0 fully saturated rings. The van der Waals surface area contributed by atoms with Gasteiger partial charge < -0.3 is 15.3 Å². The number of nitrogens with zero attached hydrogens (tertiary/aromatic N) is 1. The number of rotatable bonds is 6. The Labute approximate surface area is 96.8 Å². The van der Waals surface area contributed by atoms with Crippen LogP contribution < -0.4 is 5.32 Å². The Bertz CT molecular complexity index is 241. The number of nitrogens with one attached hydrogen (secondary N) is 1. The summed E-state index contributed by atoms with van der Waals surface area (Å²) >= 11 is 0. The summed E-state index contributed by atoms with van der Waals surface area (Å²) in [6.45, 7) is 8.49. The lowest BCUT2D eigenvalue weighted by atomic mass is 10.1. The first-order valence-corrected chi connectivity index (χ1v) is 5.67. The third-order valence-corrected chi connectivity index (χ3v) is 2.50. The van der Waals surface area contributed by atoms with Crippen LogP contribution in [0.1, 0.15) is 34.1 Å². The van der Waals surface area contributed by atoms with Crippen LogP contribution in [0.2, 0.25) is 0 Å². The van der Waals surface area contributed by atoms with E-state index in [9.17, 15) is 9.59 Å². The Balaban J connectivity index is 3.93. The zero-order valence-electron chi connectivity index (χ0n) is 10.5. The van der Waals surface area contributed by atoms with Crippen molar-refractivity contribution in [3.8, 4) is 0 Å². The molecule has 1 atom stereocenters. The SMILES string of the molecule is CCN(C(=O)NCCC(C)C(=O)O)C(C)C. The van der Waals surface area contributed by atoms with Gasteiger partial charge in [-0.2, -0.15) is 0 Å². The van der Waals surface area contributed by atoms with Crippen molar-refractivity contribution in [1.29, 1.82) is 0 Å². The van der Waals surface area contributed by atoms with Crippen molar-refractivity contribution in [3.63, 3.8) is 0 Å². The number of aliphatic carboxylic acids is 1. The van der Waals surface area contributed by atoms with Crippen molar-refractivity contribution in [3.05, 3.63) is 0 Å². The van der Waals surface area contributed by atoms with E-state index in [4.69, 9.17) is 5.11 Å². The van der Waals surface area contributed by atoms with E-state index in [1.165, 1.54) is 0 Å². The molecule has 0 aliphatic heterocycles. The van der Waals surface area contributed by atoms with Gasteiger partial charge in [0.2, 0.25) is 0 Å². The molecular weight excluding hydrogens is 208 g/mol. The molecule has 1 unspecified atom stereocenters. The van der Waals surface area contributed by atoms with Gasteiger partial charge in [-0.1, -0.05) is 6.92 Å². The third-order valence-electron chi connectivity index (χ3n) is 2.50. The van der Waals surface area contributed by atoms with E-state index in [0.29, 0.717) is 19.5 Å². The molecular formula is C11H22N2O3. The summed E-state index contributed by atoms with van der Waals surface area (Å²) < 4.78 is 0. The first kappa shape index (κ1) is 14.7. The Morgan fingerprint density at radius 3 is 2.25 bits per heavy atom. The standard InChI is InChI=1S/C11H22N2O3/c1-5-13(8(2)3)11(16)12-7-6-9(4)10(14)15/h8-9H,5-7H2,1-4H3,(H,12,16)(H,14,15). The third kappa shape index (κ3) is 5.00. The molecule has 0 aromatic heterocycles. The normalized spacial score (nSPS) is 12.3. The molecule has 0 spiro atoms. The highest BCUT2D eigenvalue weighted by Crippen LogP contribution is 2.01. The fourth-order valence-corrected chi connectivity index (χ4v) is 1.36. The van der Waals surface area contributed by atoms with Gasteiger partial charge in [0, 0.05) is 19.1 Å². The summed E-state index contributed by atoms with van der Waals surface area (Å²) in [6, 6.07) is 0.0250. The molecule has 0 rings (SSSR count). The second-order valence-corrected chi connectivity index (χ2v) is 4.14. The first-order chi connectivity index (χ1) is 7.40. The van der Waals surface area contributed by atoms with Crippen molar-refractivity contribution in [2.75, 3.05) is 13.1 Å². The molecule has 94 valence electrons. The van der Waals surface area contributed by atoms with E-state index >= 15 is 0 Å². The van der Waals surface area contributed by atoms with E-state index in [1.54, 1.807) is 11.8 Å². The van der Waals surface area contributed by atoms with Gasteiger partial charge in [0.1, 0.15) is 0 Å². The molecule has 0 aromatic rings. The Hall–Kier alpha value is -1.26. The molecule has 0 saturated carbocycles. The van der Waals surface area contributed by atoms with E-state index in [1.807, 2.05) is 20.8 Å². The Kier molecular flexibility index (Phi) is 6.53. The number of carboxylic acids is 1. The predicted molar refractivity (Wildman–Crippen MR) is 62.3 cm³/mol. The lowest BCUT2D eigenvalue weighted by Gasteiger charge is -2.25. The molecule has 2 N–H and O–H groups in total. The largest absolute Gasteiger partial charge is 0.481 e. The number of carbonyl (C=O) groups excluding carboxylic acids is 1. The van der Waals surface area contributed by atoms with Gasteiger partial charge in [0.15, 0.2) is 0 Å². The highest BCUT2D eigenvalue weighted by atomic mass is 16.4. The van der Waals surface area contributed by atoms with Crippen molar-refractivity contribution in [2.24, 2.45) is 5.92 Å². The maximum atomic E-state index is 11.6. The van der Waals surface area contributed by atoms with Crippen LogP contribution in [0.5, 0.6) is 0 Å². The van der Waals surface area contributed by atoms with Crippen LogP contribution in [0.4, 0.5) is 4.79 Å². The molecule has 2 amide bonds. The molecule has 0 radical (unpaired) electrons. The average Bonchev–Trinajstić information content (AvgIpc) is 2.17. The molecule has 0 saturated heterocycles. The number of hydrogen-bond donors (Lipinski definition) is 2. The highest BCUT2D eigenvalue weighted by molar-refractivity contribution is 5.74. The fourth-order valence-electron chi connectivity index (χ4n) is 1.36. The zero-order chi connectivity index (χ0) is 12.7. The van der Waals surface area contributed by atoms with E-state index in [-0.39, 0.29) is 12.1 Å². The minimum atomic E-state index is -0.828. The van der Waals surface area contributed by atoms with Gasteiger partial charge >= 0.3 is 12.0 Å². The number of hydrogen-bond acceptors (Lipinski definition) is 2. The van der Waals surface area contributed by atoms with Crippen LogP contribution in [0, 0.1) is 5.92 Å². The minimum absolute atomic E-state index is 0.130. The monoisotopic (exact) mass is 230 g/mol. The summed E-state index contributed by atoms with van der Waals surface area (Å²) in [5.74, 6) is -1.25. The molecule has 0 aromatic carbocycles. The summed E-state index contributed by atoms with van der Waals surface area (Å²) in [5.41, 5.74) is 0. The minimum Gasteiger partial charge on any atom is -0.481 e. The molecule has 5 heteroatoms. The van der Waals surface area contributed by atoms with E-state index in [0.717, 1.165) is 0 Å². The number of amides is 2.